The molecule has 0 aliphatic carbocycles. The Bertz CT molecular complexity index is 1130. The summed E-state index contributed by atoms with van der Waals surface area (Å²) in [5.74, 6) is -3.85. The number of carboxylic acid groups (broad SMARTS) is 1. The maximum Gasteiger partial charge on any atom is 0.372 e. The summed E-state index contributed by atoms with van der Waals surface area (Å²) in [7, 11) is 1.31. The number of aliphatic carboxylic acids is 1. The summed E-state index contributed by atoms with van der Waals surface area (Å²) >= 11 is 6.06. The summed E-state index contributed by atoms with van der Waals surface area (Å²) in [4.78, 5) is 46.3. The second kappa shape index (κ2) is 8.28. The van der Waals surface area contributed by atoms with Crippen LogP contribution in [0.3, 0.4) is 0 Å². The van der Waals surface area contributed by atoms with Gasteiger partial charge in [-0.15, -0.1) is 0 Å². The third-order valence-electron chi connectivity index (χ3n) is 4.43. The highest BCUT2D eigenvalue weighted by atomic mass is 35.5. The van der Waals surface area contributed by atoms with E-state index in [-0.39, 0.29) is 5.56 Å². The topological polar surface area (TPSA) is 103 Å². The molecule has 29 heavy (non-hydrogen) atoms. The van der Waals surface area contributed by atoms with Gasteiger partial charge in [0, 0.05) is 34.2 Å². The van der Waals surface area contributed by atoms with Crippen molar-refractivity contribution in [3.05, 3.63) is 70.4 Å². The highest BCUT2D eigenvalue weighted by molar-refractivity contribution is 6.38. The lowest BCUT2D eigenvalue weighted by Gasteiger charge is -2.07. The average molecular weight is 414 g/mol. The van der Waals surface area contributed by atoms with Crippen LogP contribution in [0.5, 0.6) is 0 Å². The molecule has 3 aromatic rings. The molecule has 0 unspecified atom stereocenters. The Morgan fingerprint density at radius 3 is 2.38 bits per heavy atom. The quantitative estimate of drug-likeness (QED) is 0.276. The van der Waals surface area contributed by atoms with E-state index in [0.717, 1.165) is 5.56 Å². The van der Waals surface area contributed by atoms with Gasteiger partial charge in [-0.2, -0.15) is 0 Å². The molecule has 0 fully saturated rings. The summed E-state index contributed by atoms with van der Waals surface area (Å²) in [6.07, 6.45) is 0.849. The highest BCUT2D eigenvalue weighted by Gasteiger charge is 2.21. The number of ether oxygens (including phenoxy) is 1. The smallest absolute Gasteiger partial charge is 0.372 e. The van der Waals surface area contributed by atoms with Crippen LogP contribution in [-0.4, -0.2) is 40.3 Å². The summed E-state index contributed by atoms with van der Waals surface area (Å²) in [6.45, 7) is 0.389. The van der Waals surface area contributed by atoms with E-state index < -0.39 is 29.9 Å². The number of halogens is 1. The van der Waals surface area contributed by atoms with Crippen LogP contribution in [-0.2, 0) is 20.9 Å². The molecule has 0 radical (unpaired) electrons. The zero-order chi connectivity index (χ0) is 21.1. The molecular weight excluding hydrogens is 398 g/mol. The van der Waals surface area contributed by atoms with Gasteiger partial charge in [-0.1, -0.05) is 23.7 Å². The fourth-order valence-corrected chi connectivity index (χ4v) is 3.17. The number of Topliss-reactive ketones (excluding diaryl/α,β-unsaturated/α-hetero) is 2. The van der Waals surface area contributed by atoms with Crippen molar-refractivity contribution in [2.75, 3.05) is 7.11 Å². The Balaban J connectivity index is 1.96. The first-order chi connectivity index (χ1) is 13.8. The minimum atomic E-state index is -1.65. The van der Waals surface area contributed by atoms with Crippen LogP contribution in [0.1, 0.15) is 32.7 Å². The maximum absolute atomic E-state index is 12.5. The van der Waals surface area contributed by atoms with E-state index in [4.69, 9.17) is 16.7 Å². The lowest BCUT2D eigenvalue weighted by atomic mass is 10.1. The van der Waals surface area contributed by atoms with Crippen molar-refractivity contribution >= 4 is 46.0 Å². The fraction of sp³-hybridized carbons (Fsp3) is 0.143. The molecule has 1 heterocycles. The second-order valence-electron chi connectivity index (χ2n) is 6.35. The Hall–Kier alpha value is -3.45. The van der Waals surface area contributed by atoms with E-state index in [9.17, 15) is 19.2 Å². The zero-order valence-electron chi connectivity index (χ0n) is 15.3. The third kappa shape index (κ3) is 4.35. The fourth-order valence-electron chi connectivity index (χ4n) is 3.00. The van der Waals surface area contributed by atoms with Crippen LogP contribution < -0.4 is 0 Å². The molecule has 8 heteroatoms. The summed E-state index contributed by atoms with van der Waals surface area (Å²) in [5.41, 5.74) is 2.22. The molecule has 0 aliphatic rings. The molecule has 1 aromatic heterocycles. The van der Waals surface area contributed by atoms with Crippen molar-refractivity contribution < 1.29 is 29.0 Å². The number of ketones is 2. The Kier molecular flexibility index (Phi) is 5.79. The first-order valence-electron chi connectivity index (χ1n) is 8.55. The summed E-state index contributed by atoms with van der Waals surface area (Å²) in [6, 6.07) is 11.8. The van der Waals surface area contributed by atoms with E-state index in [1.54, 1.807) is 53.2 Å². The van der Waals surface area contributed by atoms with Crippen molar-refractivity contribution in [3.8, 4) is 0 Å². The number of carboxylic acids is 1. The predicted octanol–water partition coefficient (Wildman–Crippen LogP) is 3.36. The van der Waals surface area contributed by atoms with Crippen LogP contribution in [0.15, 0.2) is 48.7 Å². The standard InChI is InChI=1S/C21H16ClNO6/c1-29-21(28)13-4-2-12(3-5-13)10-23-11-16(18(24)9-19(25)20(26)27)15-8-14(22)6-7-17(15)23/h2-8,11H,9-10H2,1H3,(H,26,27). The summed E-state index contributed by atoms with van der Waals surface area (Å²) in [5, 5.41) is 9.70. The Morgan fingerprint density at radius 2 is 1.76 bits per heavy atom. The molecule has 2 aromatic carbocycles. The lowest BCUT2D eigenvalue weighted by Crippen LogP contribution is -2.17. The maximum atomic E-state index is 12.5. The molecule has 0 atom stereocenters. The van der Waals surface area contributed by atoms with Gasteiger partial charge in [-0.05, 0) is 35.9 Å². The number of hydrogen-bond acceptors (Lipinski definition) is 5. The molecular formula is C21H16ClNO6. The number of benzene rings is 2. The SMILES string of the molecule is COC(=O)c1ccc(Cn2cc(C(=O)CC(=O)C(=O)O)c3cc(Cl)ccc32)cc1. The number of rotatable bonds is 7. The third-order valence-corrected chi connectivity index (χ3v) is 4.67. The van der Waals surface area contributed by atoms with Crippen LogP contribution in [0, 0.1) is 0 Å². The first-order valence-corrected chi connectivity index (χ1v) is 8.93. The van der Waals surface area contributed by atoms with Crippen LogP contribution in [0.4, 0.5) is 0 Å². The van der Waals surface area contributed by atoms with Gasteiger partial charge >= 0.3 is 11.9 Å². The lowest BCUT2D eigenvalue weighted by molar-refractivity contribution is -0.148. The van der Waals surface area contributed by atoms with E-state index in [1.807, 2.05) is 0 Å². The monoisotopic (exact) mass is 413 g/mol. The van der Waals surface area contributed by atoms with Crippen LogP contribution in [0.2, 0.25) is 5.02 Å². The van der Waals surface area contributed by atoms with Crippen molar-refractivity contribution in [2.45, 2.75) is 13.0 Å². The molecule has 0 spiro atoms. The largest absolute Gasteiger partial charge is 0.475 e. The van der Waals surface area contributed by atoms with E-state index in [2.05, 4.69) is 4.74 Å². The molecule has 7 nitrogen and oxygen atoms in total. The van der Waals surface area contributed by atoms with Crippen molar-refractivity contribution in [1.29, 1.82) is 0 Å². The highest BCUT2D eigenvalue weighted by Crippen LogP contribution is 2.27. The number of aromatic nitrogens is 1. The van der Waals surface area contributed by atoms with E-state index in [1.165, 1.54) is 7.11 Å². The van der Waals surface area contributed by atoms with Crippen molar-refractivity contribution in [3.63, 3.8) is 0 Å². The van der Waals surface area contributed by atoms with E-state index in [0.29, 0.717) is 28.0 Å². The number of nitrogens with zero attached hydrogens (tertiary/aromatic N) is 1. The van der Waals surface area contributed by atoms with Gasteiger partial charge in [0.2, 0.25) is 5.78 Å². The van der Waals surface area contributed by atoms with Crippen molar-refractivity contribution in [1.82, 2.24) is 4.57 Å². The van der Waals surface area contributed by atoms with Crippen LogP contribution >= 0.6 is 11.6 Å². The molecule has 0 saturated heterocycles. The molecule has 0 amide bonds. The summed E-state index contributed by atoms with van der Waals surface area (Å²) < 4.78 is 6.48. The van der Waals surface area contributed by atoms with Gasteiger partial charge in [0.25, 0.3) is 0 Å². The molecule has 1 N–H and O–H groups in total. The number of carbonyl (C=O) groups excluding carboxylic acids is 3. The van der Waals surface area contributed by atoms with Gasteiger partial charge in [0.15, 0.2) is 5.78 Å². The van der Waals surface area contributed by atoms with Gasteiger partial charge < -0.3 is 14.4 Å². The number of fused-ring (bicyclic) bond motifs is 1. The molecule has 0 bridgehead atoms. The van der Waals surface area contributed by atoms with Gasteiger partial charge in [-0.25, -0.2) is 9.59 Å². The number of hydrogen-bond donors (Lipinski definition) is 1. The minimum absolute atomic E-state index is 0.225. The van der Waals surface area contributed by atoms with Gasteiger partial charge in [-0.3, -0.25) is 9.59 Å². The number of methoxy groups -OCH3 is 1. The molecule has 148 valence electrons. The second-order valence-corrected chi connectivity index (χ2v) is 6.79. The molecule has 0 aliphatic heterocycles. The van der Waals surface area contributed by atoms with E-state index >= 15 is 0 Å². The van der Waals surface area contributed by atoms with Gasteiger partial charge in [0.05, 0.1) is 19.1 Å². The number of carbonyl (C=O) groups is 4. The minimum Gasteiger partial charge on any atom is -0.475 e. The zero-order valence-corrected chi connectivity index (χ0v) is 16.1. The average Bonchev–Trinajstić information content (AvgIpc) is 3.05. The Morgan fingerprint density at radius 1 is 1.07 bits per heavy atom. The number of esters is 1. The normalized spacial score (nSPS) is 10.7. The predicted molar refractivity (Wildman–Crippen MR) is 105 cm³/mol. The van der Waals surface area contributed by atoms with Gasteiger partial charge in [0.1, 0.15) is 0 Å². The van der Waals surface area contributed by atoms with Crippen molar-refractivity contribution in [2.24, 2.45) is 0 Å². The molecule has 3 rings (SSSR count). The van der Waals surface area contributed by atoms with Crippen LogP contribution in [0.25, 0.3) is 10.9 Å². The Labute approximate surface area is 170 Å². The first kappa shape index (κ1) is 20.3. The molecule has 0 saturated carbocycles.